The van der Waals surface area contributed by atoms with Gasteiger partial charge in [0, 0.05) is 24.7 Å². The molecule has 2 aromatic heterocycles. The van der Waals surface area contributed by atoms with Crippen molar-refractivity contribution in [1.29, 1.82) is 0 Å². The molecule has 17 heavy (non-hydrogen) atoms. The number of pyridine rings is 1. The number of rotatable bonds is 3. The Labute approximate surface area is 97.3 Å². The largest absolute Gasteiger partial charge is 0.326 e. The molecular weight excluding hydrogens is 246 g/mol. The smallest absolute Gasteiger partial charge is 0.281 e. The maximum absolute atomic E-state index is 10.7. The molecule has 2 heterocycles. The Morgan fingerprint density at radius 3 is 2.53 bits per heavy atom. The van der Waals surface area contributed by atoms with Crippen molar-refractivity contribution >= 4 is 10.1 Å². The Hall–Kier alpha value is -1.87. The second kappa shape index (κ2) is 4.18. The van der Waals surface area contributed by atoms with Gasteiger partial charge in [0.1, 0.15) is 0 Å². The lowest BCUT2D eigenvalue weighted by molar-refractivity contribution is -0.678. The van der Waals surface area contributed by atoms with Crippen LogP contribution >= 0.6 is 0 Å². The van der Waals surface area contributed by atoms with Gasteiger partial charge in [-0.2, -0.15) is 13.0 Å². The number of hydrogen-bond donors (Lipinski definition) is 1. The highest BCUT2D eigenvalue weighted by Gasteiger charge is 2.13. The minimum Gasteiger partial charge on any atom is -0.281 e. The second-order valence-electron chi connectivity index (χ2n) is 3.44. The van der Waals surface area contributed by atoms with E-state index in [-0.39, 0.29) is 0 Å². The van der Waals surface area contributed by atoms with Crippen molar-refractivity contribution in [2.75, 3.05) is 0 Å². The third-order valence-corrected chi connectivity index (χ3v) is 2.71. The molecular formula is C8H10N5O3S+. The number of nitrogens with zero attached hydrogens (tertiary/aromatic N) is 5. The number of hydrogen-bond acceptors (Lipinski definition) is 5. The van der Waals surface area contributed by atoms with Crippen LogP contribution in [0.3, 0.4) is 0 Å². The van der Waals surface area contributed by atoms with Crippen molar-refractivity contribution < 1.29 is 17.5 Å². The van der Waals surface area contributed by atoms with E-state index in [4.69, 9.17) is 4.55 Å². The van der Waals surface area contributed by atoms with Crippen LogP contribution in [0.25, 0.3) is 11.4 Å². The highest BCUT2D eigenvalue weighted by atomic mass is 32.2. The zero-order valence-electron chi connectivity index (χ0n) is 8.92. The van der Waals surface area contributed by atoms with Gasteiger partial charge in [-0.25, -0.2) is 4.68 Å². The number of aryl methyl sites for hydroxylation is 1. The molecule has 0 radical (unpaired) electrons. The van der Waals surface area contributed by atoms with Gasteiger partial charge in [-0.1, -0.05) is 0 Å². The fourth-order valence-corrected chi connectivity index (χ4v) is 1.90. The highest BCUT2D eigenvalue weighted by Crippen LogP contribution is 2.11. The molecule has 2 aromatic rings. The Bertz CT molecular complexity index is 619. The van der Waals surface area contributed by atoms with Crippen molar-refractivity contribution in [2.24, 2.45) is 7.05 Å². The van der Waals surface area contributed by atoms with E-state index in [1.54, 1.807) is 19.2 Å². The summed E-state index contributed by atoms with van der Waals surface area (Å²) in [6.07, 6.45) is 3.05. The maximum atomic E-state index is 10.7. The van der Waals surface area contributed by atoms with Crippen molar-refractivity contribution in [2.45, 2.75) is 5.88 Å². The molecule has 0 fully saturated rings. The third-order valence-electron chi connectivity index (χ3n) is 2.08. The molecule has 0 aliphatic carbocycles. The summed E-state index contributed by atoms with van der Waals surface area (Å²) >= 11 is 0. The van der Waals surface area contributed by atoms with Gasteiger partial charge in [0.25, 0.3) is 5.88 Å². The number of aromatic nitrogens is 5. The Balaban J connectivity index is 2.28. The van der Waals surface area contributed by atoms with E-state index in [1.807, 2.05) is 0 Å². The van der Waals surface area contributed by atoms with Gasteiger partial charge < -0.3 is 0 Å². The first-order chi connectivity index (χ1) is 7.96. The number of tetrazole rings is 1. The molecule has 8 nitrogen and oxygen atoms in total. The van der Waals surface area contributed by atoms with E-state index >= 15 is 0 Å². The summed E-state index contributed by atoms with van der Waals surface area (Å²) in [6.45, 7) is 0. The standard InChI is InChI=1S/C8H9N5O3S/c1-12-8(9-10-11-12)7-2-4-13(5-3-7)6-17(14,15)16/h2-5H,6H2,1H3/p+1. The van der Waals surface area contributed by atoms with Crippen LogP contribution in [-0.4, -0.2) is 33.2 Å². The van der Waals surface area contributed by atoms with Crippen LogP contribution in [0, 0.1) is 0 Å². The van der Waals surface area contributed by atoms with E-state index in [0.717, 1.165) is 5.56 Å². The van der Waals surface area contributed by atoms with Crippen molar-refractivity contribution in [1.82, 2.24) is 20.2 Å². The minimum atomic E-state index is -4.03. The van der Waals surface area contributed by atoms with Crippen LogP contribution in [0.4, 0.5) is 0 Å². The van der Waals surface area contributed by atoms with E-state index < -0.39 is 16.0 Å². The quantitative estimate of drug-likeness (QED) is 0.559. The van der Waals surface area contributed by atoms with Gasteiger partial charge in [0.05, 0.1) is 0 Å². The predicted molar refractivity (Wildman–Crippen MR) is 56.0 cm³/mol. The van der Waals surface area contributed by atoms with Crippen molar-refractivity contribution in [3.63, 3.8) is 0 Å². The normalized spacial score (nSPS) is 11.6. The zero-order chi connectivity index (χ0) is 12.5. The molecule has 1 N–H and O–H groups in total. The zero-order valence-corrected chi connectivity index (χ0v) is 9.74. The van der Waals surface area contributed by atoms with E-state index in [2.05, 4.69) is 15.5 Å². The molecule has 0 saturated heterocycles. The molecule has 0 amide bonds. The molecule has 0 spiro atoms. The molecule has 2 rings (SSSR count). The summed E-state index contributed by atoms with van der Waals surface area (Å²) in [6, 6.07) is 3.33. The van der Waals surface area contributed by atoms with Crippen LogP contribution in [0.5, 0.6) is 0 Å². The first kappa shape index (κ1) is 11.6. The lowest BCUT2D eigenvalue weighted by Crippen LogP contribution is -2.36. The average Bonchev–Trinajstić information content (AvgIpc) is 2.63. The Kier molecular flexibility index (Phi) is 2.86. The van der Waals surface area contributed by atoms with Crippen molar-refractivity contribution in [3.05, 3.63) is 24.5 Å². The van der Waals surface area contributed by atoms with Gasteiger partial charge in [0.2, 0.25) is 0 Å². The topological polar surface area (TPSA) is 102 Å². The lowest BCUT2D eigenvalue weighted by Gasteiger charge is -1.98. The SMILES string of the molecule is Cn1nnnc1-c1cc[n+](CS(=O)(=O)O)cc1. The first-order valence-electron chi connectivity index (χ1n) is 4.63. The fraction of sp³-hybridized carbons (Fsp3) is 0.250. The summed E-state index contributed by atoms with van der Waals surface area (Å²) in [5, 5.41) is 11.0. The van der Waals surface area contributed by atoms with Gasteiger partial charge in [-0.3, -0.25) is 4.55 Å². The van der Waals surface area contributed by atoms with Gasteiger partial charge >= 0.3 is 10.1 Å². The van der Waals surface area contributed by atoms with E-state index in [1.165, 1.54) is 21.6 Å². The highest BCUT2D eigenvalue weighted by molar-refractivity contribution is 7.84. The van der Waals surface area contributed by atoms with Gasteiger partial charge in [-0.15, -0.1) is 5.10 Å². The lowest BCUT2D eigenvalue weighted by atomic mass is 10.2. The maximum Gasteiger partial charge on any atom is 0.326 e. The van der Waals surface area contributed by atoms with Crippen molar-refractivity contribution in [3.8, 4) is 11.4 Å². The summed E-state index contributed by atoms with van der Waals surface area (Å²) in [4.78, 5) is 0. The molecule has 0 unspecified atom stereocenters. The van der Waals surface area contributed by atoms with Crippen LogP contribution in [0.1, 0.15) is 0 Å². The average molecular weight is 256 g/mol. The summed E-state index contributed by atoms with van der Waals surface area (Å²) in [7, 11) is -2.33. The molecule has 0 saturated carbocycles. The monoisotopic (exact) mass is 256 g/mol. The molecule has 0 aliphatic rings. The van der Waals surface area contributed by atoms with Crippen LogP contribution in [-0.2, 0) is 23.0 Å². The van der Waals surface area contributed by atoms with Crippen LogP contribution < -0.4 is 4.57 Å². The molecule has 90 valence electrons. The summed E-state index contributed by atoms with van der Waals surface area (Å²) in [5.41, 5.74) is 0.754. The van der Waals surface area contributed by atoms with E-state index in [0.29, 0.717) is 5.82 Å². The van der Waals surface area contributed by atoms with Crippen LogP contribution in [0.2, 0.25) is 0 Å². The molecule has 0 atom stereocenters. The Morgan fingerprint density at radius 2 is 2.06 bits per heavy atom. The van der Waals surface area contributed by atoms with E-state index in [9.17, 15) is 8.42 Å². The Morgan fingerprint density at radius 1 is 1.41 bits per heavy atom. The molecule has 0 aliphatic heterocycles. The molecule has 9 heteroatoms. The fourth-order valence-electron chi connectivity index (χ4n) is 1.35. The van der Waals surface area contributed by atoms with Crippen LogP contribution in [0.15, 0.2) is 24.5 Å². The van der Waals surface area contributed by atoms with Gasteiger partial charge in [0.15, 0.2) is 18.2 Å². The predicted octanol–water partition coefficient (Wildman–Crippen LogP) is -0.990. The molecule has 0 bridgehead atoms. The first-order valence-corrected chi connectivity index (χ1v) is 6.23. The minimum absolute atomic E-state index is 0.482. The third kappa shape index (κ3) is 2.82. The molecule has 0 aromatic carbocycles. The van der Waals surface area contributed by atoms with Gasteiger partial charge in [-0.05, 0) is 10.4 Å². The summed E-state index contributed by atoms with van der Waals surface area (Å²) < 4.78 is 32.9. The summed E-state index contributed by atoms with van der Waals surface area (Å²) in [5.74, 6) is 0.0914. The second-order valence-corrected chi connectivity index (χ2v) is 4.86.